The van der Waals surface area contributed by atoms with Crippen LogP contribution in [0.5, 0.6) is 0 Å². The number of aliphatic hydroxyl groups is 1. The zero-order valence-electron chi connectivity index (χ0n) is 69.5. The van der Waals surface area contributed by atoms with E-state index in [0.29, 0.717) is 32.1 Å². The lowest BCUT2D eigenvalue weighted by Crippen LogP contribution is -2.30. The molecule has 0 aromatic carbocycles. The van der Waals surface area contributed by atoms with Gasteiger partial charge in [-0.1, -0.05) is 325 Å². The molecule has 0 saturated heterocycles. The fraction of sp³-hybridized carbons (Fsp3) is 0.613. The number of ether oxygens (including phenoxy) is 4. The Hall–Kier alpha value is -6.10. The quantitative estimate of drug-likeness (QED) is 0.0169. The lowest BCUT2D eigenvalue weighted by atomic mass is 10.0. The van der Waals surface area contributed by atoms with E-state index in [1.54, 1.807) is 0 Å². The maximum absolute atomic E-state index is 13.1. The molecule has 0 bridgehead atoms. The minimum Gasteiger partial charge on any atom is -0.462 e. The van der Waals surface area contributed by atoms with Crippen LogP contribution in [0.15, 0.2) is 194 Å². The molecule has 0 aromatic heterocycles. The molecular formula is C93H150O17P2. The van der Waals surface area contributed by atoms with E-state index in [1.807, 2.05) is 18.2 Å². The maximum atomic E-state index is 13.1. The zero-order valence-corrected chi connectivity index (χ0v) is 71.3. The Morgan fingerprint density at radius 3 is 0.768 bits per heavy atom. The first-order valence-corrected chi connectivity index (χ1v) is 45.7. The highest BCUT2D eigenvalue weighted by molar-refractivity contribution is 7.47. The fourth-order valence-electron chi connectivity index (χ4n) is 10.7. The van der Waals surface area contributed by atoms with Crippen LogP contribution >= 0.6 is 15.6 Å². The number of hydrogen-bond acceptors (Lipinski definition) is 15. The molecular weight excluding hydrogens is 1450 g/mol. The molecule has 0 aliphatic heterocycles. The number of hydrogen-bond donors (Lipinski definition) is 3. The van der Waals surface area contributed by atoms with Crippen LogP contribution < -0.4 is 0 Å². The SMILES string of the molecule is CC/C=C\C/C=C\C/C=C\C/C=C\C/C=C\C/C=C\CCC(=O)O[C@H](COC(=O)CCCCC/C=C\C/C=C\C/C=C\C/C=C\C/C=C\CC)COP(=O)(O)OC[C@@H](O)COP(=O)(O)OC[C@@H](COC(=O)CCCCC/C=C\C/C=C\C/C=C\C/C=C\C/C=C\CC)OC(=O)CCCCCCCCCCCCCCCCC. The standard InChI is InChI=1S/C93H150O17P2/c1-5-9-13-17-21-25-29-33-37-40-43-46-50-53-57-61-65-69-73-77-90(95)103-83-88(109-92(97)79-75-71-67-63-59-55-49-36-32-28-24-20-16-12-8-4)85-107-111(99,100)105-81-87(94)82-106-112(101,102)108-86-89(110-93(98)80-76-72-68-64-60-56-52-48-45-42-39-35-31-27-23-19-15-11-7-3)84-104-91(96)78-74-70-66-62-58-54-51-47-44-41-38-34-30-26-22-18-14-10-6-2/h9-11,13-15,21-23,25-27,33-35,37-39,43-48,53-54,56-58,60,68,72,87-89,94H,5-8,12,16-20,24,28-32,36,40-42,49-52,55,59,61-67,69-71,73-86H2,1-4H3,(H,99,100)(H,101,102)/b13-9-,14-10-,15-11-,25-21-,26-22-,27-23-,37-33-,38-34-,39-35-,46-43-,47-44-,48-45-,57-53-,58-54-,60-56-,72-68-/t87-,88+,89+/m0/s1. The molecule has 0 spiro atoms. The van der Waals surface area contributed by atoms with Crippen molar-refractivity contribution < 1.29 is 80.2 Å². The molecule has 0 saturated carbocycles. The first-order valence-electron chi connectivity index (χ1n) is 42.7. The molecule has 0 heterocycles. The van der Waals surface area contributed by atoms with Crippen LogP contribution in [0.4, 0.5) is 0 Å². The van der Waals surface area contributed by atoms with E-state index in [9.17, 15) is 43.2 Å². The summed E-state index contributed by atoms with van der Waals surface area (Å²) in [5.41, 5.74) is 0. The Labute approximate surface area is 678 Å². The third-order valence-electron chi connectivity index (χ3n) is 17.1. The van der Waals surface area contributed by atoms with E-state index in [-0.39, 0.29) is 25.7 Å². The van der Waals surface area contributed by atoms with Gasteiger partial charge in [0.1, 0.15) is 19.3 Å². The molecule has 2 unspecified atom stereocenters. The Morgan fingerprint density at radius 2 is 0.482 bits per heavy atom. The van der Waals surface area contributed by atoms with Gasteiger partial charge < -0.3 is 33.8 Å². The van der Waals surface area contributed by atoms with Crippen LogP contribution in [-0.4, -0.2) is 96.7 Å². The Bertz CT molecular complexity index is 2890. The zero-order chi connectivity index (χ0) is 81.7. The summed E-state index contributed by atoms with van der Waals surface area (Å²) in [6.07, 6.45) is 103. The van der Waals surface area contributed by atoms with Crippen molar-refractivity contribution >= 4 is 39.5 Å². The molecule has 17 nitrogen and oxygen atoms in total. The number of phosphoric acid groups is 2. The molecule has 0 aliphatic rings. The number of esters is 4. The first kappa shape index (κ1) is 106. The number of phosphoric ester groups is 2. The smallest absolute Gasteiger partial charge is 0.462 e. The third-order valence-corrected chi connectivity index (χ3v) is 19.0. The summed E-state index contributed by atoms with van der Waals surface area (Å²) in [6.45, 7) is 4.38. The summed E-state index contributed by atoms with van der Waals surface area (Å²) in [5.74, 6) is -2.36. The maximum Gasteiger partial charge on any atom is 0.472 e. The van der Waals surface area contributed by atoms with Crippen molar-refractivity contribution in [2.45, 2.75) is 329 Å². The Morgan fingerprint density at radius 1 is 0.259 bits per heavy atom. The molecule has 0 aliphatic carbocycles. The van der Waals surface area contributed by atoms with Crippen molar-refractivity contribution in [3.05, 3.63) is 194 Å². The summed E-state index contributed by atoms with van der Waals surface area (Å²) in [5, 5.41) is 10.7. The molecule has 5 atom stereocenters. The van der Waals surface area contributed by atoms with Crippen molar-refractivity contribution in [1.29, 1.82) is 0 Å². The average molecular weight is 1600 g/mol. The third kappa shape index (κ3) is 81.9. The van der Waals surface area contributed by atoms with E-state index < -0.39 is 97.5 Å². The lowest BCUT2D eigenvalue weighted by Gasteiger charge is -2.21. The van der Waals surface area contributed by atoms with E-state index in [4.69, 9.17) is 37.0 Å². The highest BCUT2D eigenvalue weighted by atomic mass is 31.2. The van der Waals surface area contributed by atoms with Crippen LogP contribution in [0.3, 0.4) is 0 Å². The van der Waals surface area contributed by atoms with E-state index in [2.05, 4.69) is 204 Å². The van der Waals surface area contributed by atoms with Crippen molar-refractivity contribution in [2.75, 3.05) is 39.6 Å². The predicted molar refractivity (Wildman–Crippen MR) is 463 cm³/mol. The fourth-order valence-corrected chi connectivity index (χ4v) is 12.3. The second kappa shape index (κ2) is 82.9. The van der Waals surface area contributed by atoms with Crippen LogP contribution in [0.25, 0.3) is 0 Å². The summed E-state index contributed by atoms with van der Waals surface area (Å²) < 4.78 is 68.7. The van der Waals surface area contributed by atoms with Crippen LogP contribution in [0, 0.1) is 0 Å². The molecule has 0 radical (unpaired) electrons. The molecule has 112 heavy (non-hydrogen) atoms. The van der Waals surface area contributed by atoms with Gasteiger partial charge in [0.15, 0.2) is 12.2 Å². The van der Waals surface area contributed by atoms with Gasteiger partial charge in [-0.05, 0) is 154 Å². The van der Waals surface area contributed by atoms with Crippen LogP contribution in [-0.2, 0) is 65.4 Å². The highest BCUT2D eigenvalue weighted by Crippen LogP contribution is 2.45. The summed E-state index contributed by atoms with van der Waals surface area (Å²) >= 11 is 0. The average Bonchev–Trinajstić information content (AvgIpc) is 0.897. The van der Waals surface area contributed by atoms with Gasteiger partial charge in [0.25, 0.3) is 0 Å². The normalized spacial score (nSPS) is 14.7. The monoisotopic (exact) mass is 1600 g/mol. The van der Waals surface area contributed by atoms with Crippen molar-refractivity contribution in [1.82, 2.24) is 0 Å². The number of rotatable bonds is 78. The van der Waals surface area contributed by atoms with E-state index in [0.717, 1.165) is 161 Å². The summed E-state index contributed by atoms with van der Waals surface area (Å²) in [4.78, 5) is 73.2. The first-order chi connectivity index (χ1) is 54.7. The number of unbranched alkanes of at least 4 members (excludes halogenated alkanes) is 20. The van der Waals surface area contributed by atoms with Crippen molar-refractivity contribution in [2.24, 2.45) is 0 Å². The highest BCUT2D eigenvalue weighted by Gasteiger charge is 2.30. The second-order valence-electron chi connectivity index (χ2n) is 27.6. The topological polar surface area (TPSA) is 237 Å². The molecule has 0 aromatic rings. The second-order valence-corrected chi connectivity index (χ2v) is 30.5. The molecule has 634 valence electrons. The predicted octanol–water partition coefficient (Wildman–Crippen LogP) is 25.7. The van der Waals surface area contributed by atoms with Gasteiger partial charge in [-0.15, -0.1) is 0 Å². The van der Waals surface area contributed by atoms with Gasteiger partial charge in [-0.2, -0.15) is 0 Å². The van der Waals surface area contributed by atoms with Gasteiger partial charge in [0.2, 0.25) is 0 Å². The van der Waals surface area contributed by atoms with Gasteiger partial charge in [0.05, 0.1) is 26.4 Å². The van der Waals surface area contributed by atoms with Crippen LogP contribution in [0.2, 0.25) is 0 Å². The lowest BCUT2D eigenvalue weighted by molar-refractivity contribution is -0.161. The van der Waals surface area contributed by atoms with Crippen LogP contribution in [0.1, 0.15) is 310 Å². The van der Waals surface area contributed by atoms with Crippen molar-refractivity contribution in [3.63, 3.8) is 0 Å². The molecule has 0 fully saturated rings. The summed E-state index contributed by atoms with van der Waals surface area (Å²) in [6, 6.07) is 0. The number of carbonyl (C=O) groups excluding carboxylic acids is 4. The minimum atomic E-state index is -5.02. The number of allylic oxidation sites excluding steroid dienone is 32. The molecule has 0 amide bonds. The largest absolute Gasteiger partial charge is 0.472 e. The van der Waals surface area contributed by atoms with Gasteiger partial charge in [0, 0.05) is 25.7 Å². The van der Waals surface area contributed by atoms with Crippen molar-refractivity contribution in [3.8, 4) is 0 Å². The molecule has 19 heteroatoms. The number of aliphatic hydroxyl groups excluding tert-OH is 1. The van der Waals surface area contributed by atoms with Gasteiger partial charge in [-0.3, -0.25) is 37.3 Å². The molecule has 3 N–H and O–H groups in total. The van der Waals surface area contributed by atoms with Gasteiger partial charge in [-0.25, -0.2) is 9.13 Å². The molecule has 0 rings (SSSR count). The Balaban J connectivity index is 5.53. The van der Waals surface area contributed by atoms with Gasteiger partial charge >= 0.3 is 39.5 Å². The van der Waals surface area contributed by atoms with E-state index >= 15 is 0 Å². The van der Waals surface area contributed by atoms with E-state index in [1.165, 1.54) is 64.2 Å². The minimum absolute atomic E-state index is 0.0461. The summed E-state index contributed by atoms with van der Waals surface area (Å²) in [7, 11) is -10.0. The number of carbonyl (C=O) groups is 4. The Kier molecular flexibility index (Phi) is 78.4.